The van der Waals surface area contributed by atoms with Crippen molar-refractivity contribution in [3.63, 3.8) is 0 Å². The summed E-state index contributed by atoms with van der Waals surface area (Å²) in [5.41, 5.74) is 5.17. The van der Waals surface area contributed by atoms with Crippen molar-refractivity contribution in [1.29, 1.82) is 0 Å². The monoisotopic (exact) mass is 442 g/mol. The summed E-state index contributed by atoms with van der Waals surface area (Å²) < 4.78 is 1.84. The van der Waals surface area contributed by atoms with E-state index < -0.39 is 0 Å². The van der Waals surface area contributed by atoms with E-state index in [1.165, 1.54) is 5.56 Å². The molecule has 32 heavy (non-hydrogen) atoms. The van der Waals surface area contributed by atoms with Gasteiger partial charge in [0.2, 0.25) is 0 Å². The van der Waals surface area contributed by atoms with Gasteiger partial charge < -0.3 is 4.90 Å². The SMILES string of the molecule is CN(c1cccc(-c2ccc(C(C)(C)C)cn2)c1)c1nc2nncn2c2cc(Cl)ccc12. The molecule has 0 unspecified atom stereocenters. The molecule has 0 radical (unpaired) electrons. The largest absolute Gasteiger partial charge is 0.329 e. The number of benzene rings is 2. The van der Waals surface area contributed by atoms with Gasteiger partial charge in [0.05, 0.1) is 11.2 Å². The van der Waals surface area contributed by atoms with Gasteiger partial charge in [0.15, 0.2) is 0 Å². The van der Waals surface area contributed by atoms with Crippen molar-refractivity contribution in [1.82, 2.24) is 24.6 Å². The molecule has 0 atom stereocenters. The van der Waals surface area contributed by atoms with E-state index in [1.807, 2.05) is 41.9 Å². The van der Waals surface area contributed by atoms with Gasteiger partial charge in [-0.15, -0.1) is 10.2 Å². The highest BCUT2D eigenvalue weighted by Gasteiger charge is 2.17. The van der Waals surface area contributed by atoms with Crippen molar-refractivity contribution < 1.29 is 0 Å². The summed E-state index contributed by atoms with van der Waals surface area (Å²) in [5.74, 6) is 1.31. The highest BCUT2D eigenvalue weighted by molar-refractivity contribution is 6.31. The van der Waals surface area contributed by atoms with Crippen molar-refractivity contribution in [2.45, 2.75) is 26.2 Å². The molecule has 0 aliphatic carbocycles. The number of pyridine rings is 1. The minimum Gasteiger partial charge on any atom is -0.329 e. The average Bonchev–Trinajstić information content (AvgIpc) is 3.26. The summed E-state index contributed by atoms with van der Waals surface area (Å²) in [5, 5.41) is 9.78. The molecule has 0 N–H and O–H groups in total. The molecule has 160 valence electrons. The quantitative estimate of drug-likeness (QED) is 0.340. The van der Waals surface area contributed by atoms with Crippen molar-refractivity contribution in [3.8, 4) is 11.3 Å². The second kappa shape index (κ2) is 7.57. The van der Waals surface area contributed by atoms with Crippen LogP contribution in [0.5, 0.6) is 0 Å². The summed E-state index contributed by atoms with van der Waals surface area (Å²) in [4.78, 5) is 11.5. The van der Waals surface area contributed by atoms with Crippen molar-refractivity contribution in [3.05, 3.63) is 77.7 Å². The molecule has 2 aromatic carbocycles. The van der Waals surface area contributed by atoms with E-state index in [0.717, 1.165) is 33.7 Å². The number of anilines is 2. The maximum Gasteiger partial charge on any atom is 0.257 e. The summed E-state index contributed by atoms with van der Waals surface area (Å²) >= 11 is 6.27. The maximum absolute atomic E-state index is 6.27. The molecule has 5 rings (SSSR count). The van der Waals surface area contributed by atoms with Gasteiger partial charge in [-0.2, -0.15) is 4.98 Å². The lowest BCUT2D eigenvalue weighted by molar-refractivity contribution is 0.587. The van der Waals surface area contributed by atoms with Crippen LogP contribution in [0.3, 0.4) is 0 Å². The predicted molar refractivity (Wildman–Crippen MR) is 130 cm³/mol. The minimum absolute atomic E-state index is 0.0730. The number of rotatable bonds is 3. The lowest BCUT2D eigenvalue weighted by Crippen LogP contribution is -2.13. The Kier molecular flexibility index (Phi) is 4.82. The molecule has 0 saturated heterocycles. The van der Waals surface area contributed by atoms with Crippen LogP contribution >= 0.6 is 11.6 Å². The molecule has 0 spiro atoms. The fourth-order valence-corrected chi connectivity index (χ4v) is 3.95. The fraction of sp³-hybridized carbons (Fsp3) is 0.200. The molecule has 0 aliphatic rings. The average molecular weight is 443 g/mol. The van der Waals surface area contributed by atoms with E-state index >= 15 is 0 Å². The number of fused-ring (bicyclic) bond motifs is 3. The molecule has 6 nitrogen and oxygen atoms in total. The normalized spacial score (nSPS) is 11.9. The molecule has 0 amide bonds. The smallest absolute Gasteiger partial charge is 0.257 e. The van der Waals surface area contributed by atoms with Gasteiger partial charge in [-0.3, -0.25) is 9.38 Å². The third-order valence-electron chi connectivity index (χ3n) is 5.67. The van der Waals surface area contributed by atoms with Gasteiger partial charge in [0, 0.05) is 34.9 Å². The fourth-order valence-electron chi connectivity index (χ4n) is 3.78. The zero-order chi connectivity index (χ0) is 22.5. The Morgan fingerprint density at radius 3 is 2.59 bits per heavy atom. The van der Waals surface area contributed by atoms with Crippen LogP contribution in [-0.2, 0) is 5.41 Å². The highest BCUT2D eigenvalue weighted by atomic mass is 35.5. The third-order valence-corrected chi connectivity index (χ3v) is 5.91. The second-order valence-electron chi connectivity index (χ2n) is 8.89. The molecule has 0 saturated carbocycles. The Bertz CT molecular complexity index is 1430. The van der Waals surface area contributed by atoms with E-state index in [4.69, 9.17) is 21.6 Å². The van der Waals surface area contributed by atoms with E-state index in [2.05, 4.69) is 66.2 Å². The van der Waals surface area contributed by atoms with Crippen molar-refractivity contribution >= 4 is 39.8 Å². The van der Waals surface area contributed by atoms with Gasteiger partial charge in [0.1, 0.15) is 12.1 Å². The topological polar surface area (TPSA) is 59.2 Å². The molecular weight excluding hydrogens is 420 g/mol. The second-order valence-corrected chi connectivity index (χ2v) is 9.33. The first-order chi connectivity index (χ1) is 15.3. The molecule has 0 aliphatic heterocycles. The van der Waals surface area contributed by atoms with Gasteiger partial charge in [-0.25, -0.2) is 0 Å². The lowest BCUT2D eigenvalue weighted by atomic mass is 9.88. The summed E-state index contributed by atoms with van der Waals surface area (Å²) in [7, 11) is 2.00. The molecule has 0 bridgehead atoms. The molecule has 0 fully saturated rings. The van der Waals surface area contributed by atoms with E-state index in [9.17, 15) is 0 Å². The standard InChI is InChI=1S/C25H23ClN6/c1-25(2,3)17-8-11-21(27-14-17)16-6-5-7-19(12-16)31(4)23-20-10-9-18(26)13-22(20)32-15-28-30-24(32)29-23/h5-15H,1-4H3. The van der Waals surface area contributed by atoms with E-state index in [0.29, 0.717) is 10.8 Å². The first-order valence-corrected chi connectivity index (χ1v) is 10.8. The van der Waals surface area contributed by atoms with Gasteiger partial charge in [0.25, 0.3) is 5.78 Å². The van der Waals surface area contributed by atoms with Crippen LogP contribution in [0.1, 0.15) is 26.3 Å². The number of aromatic nitrogens is 5. The Labute approximate surface area is 191 Å². The Morgan fingerprint density at radius 2 is 1.84 bits per heavy atom. The van der Waals surface area contributed by atoms with Crippen LogP contribution in [0.15, 0.2) is 67.1 Å². The van der Waals surface area contributed by atoms with Gasteiger partial charge >= 0.3 is 0 Å². The molecule has 5 aromatic rings. The summed E-state index contributed by atoms with van der Waals surface area (Å²) in [6.45, 7) is 6.57. The predicted octanol–water partition coefficient (Wildman–Crippen LogP) is 6.06. The van der Waals surface area contributed by atoms with Crippen LogP contribution in [0.25, 0.3) is 27.9 Å². The number of hydrogen-bond acceptors (Lipinski definition) is 5. The number of nitrogens with zero attached hydrogens (tertiary/aromatic N) is 6. The first-order valence-electron chi connectivity index (χ1n) is 10.4. The maximum atomic E-state index is 6.27. The zero-order valence-electron chi connectivity index (χ0n) is 18.4. The minimum atomic E-state index is 0.0730. The van der Waals surface area contributed by atoms with Crippen molar-refractivity contribution in [2.75, 3.05) is 11.9 Å². The van der Waals surface area contributed by atoms with Crippen LogP contribution < -0.4 is 4.90 Å². The van der Waals surface area contributed by atoms with Crippen LogP contribution in [0.2, 0.25) is 5.02 Å². The molecular formula is C25H23ClN6. The van der Waals surface area contributed by atoms with E-state index in [-0.39, 0.29) is 5.41 Å². The molecule has 3 heterocycles. The summed E-state index contributed by atoms with van der Waals surface area (Å²) in [6, 6.07) is 18.3. The zero-order valence-corrected chi connectivity index (χ0v) is 19.2. The Morgan fingerprint density at radius 1 is 1.00 bits per heavy atom. The number of hydrogen-bond donors (Lipinski definition) is 0. The molecule has 3 aromatic heterocycles. The Balaban J connectivity index is 1.58. The van der Waals surface area contributed by atoms with Crippen LogP contribution in [0.4, 0.5) is 11.5 Å². The van der Waals surface area contributed by atoms with Crippen molar-refractivity contribution in [2.24, 2.45) is 0 Å². The van der Waals surface area contributed by atoms with Gasteiger partial charge in [-0.1, -0.05) is 50.6 Å². The molecule has 7 heteroatoms. The lowest BCUT2D eigenvalue weighted by Gasteiger charge is -2.21. The Hall–Kier alpha value is -3.51. The number of halogens is 1. The van der Waals surface area contributed by atoms with Crippen LogP contribution in [0, 0.1) is 0 Å². The highest BCUT2D eigenvalue weighted by Crippen LogP contribution is 2.33. The summed E-state index contributed by atoms with van der Waals surface area (Å²) in [6.07, 6.45) is 3.61. The van der Waals surface area contributed by atoms with Gasteiger partial charge in [-0.05, 0) is 47.4 Å². The van der Waals surface area contributed by atoms with E-state index in [1.54, 1.807) is 6.33 Å². The third kappa shape index (κ3) is 3.56. The first kappa shape index (κ1) is 20.4. The van der Waals surface area contributed by atoms with Crippen LogP contribution in [-0.4, -0.2) is 31.6 Å².